The molecule has 1 atom stereocenters. The molecule has 1 aliphatic rings. The second kappa shape index (κ2) is 11.9. The van der Waals surface area contributed by atoms with Crippen molar-refractivity contribution in [2.75, 3.05) is 7.11 Å². The summed E-state index contributed by atoms with van der Waals surface area (Å²) >= 11 is 6.28. The minimum Gasteiger partial charge on any atom is -0.497 e. The highest BCUT2D eigenvalue weighted by Gasteiger charge is 2.30. The standard InChI is InChI=1S/C26H33ClN2O3/c1-3-24(26(31)28-21-9-5-6-10-21)29(18-19-12-15-22(32-2)16-13-19)25(30)17-14-20-8-4-7-11-23(20)27/h4,7-8,11-13,15-16,21,24H,3,5-6,9-10,14,17-18H2,1-2H3,(H,28,31). The van der Waals surface area contributed by atoms with E-state index in [0.29, 0.717) is 30.8 Å². The molecule has 1 N–H and O–H groups in total. The fourth-order valence-corrected chi connectivity index (χ4v) is 4.53. The van der Waals surface area contributed by atoms with Gasteiger partial charge in [0.1, 0.15) is 11.8 Å². The van der Waals surface area contributed by atoms with Gasteiger partial charge >= 0.3 is 0 Å². The number of carbonyl (C=O) groups is 2. The first-order chi connectivity index (χ1) is 15.5. The van der Waals surface area contributed by atoms with Crippen LogP contribution in [-0.2, 0) is 22.6 Å². The minimum absolute atomic E-state index is 0.0471. The second-order valence-corrected chi connectivity index (χ2v) is 8.78. The van der Waals surface area contributed by atoms with Crippen molar-refractivity contribution in [3.8, 4) is 5.75 Å². The van der Waals surface area contributed by atoms with Crippen molar-refractivity contribution in [3.63, 3.8) is 0 Å². The number of hydrogen-bond acceptors (Lipinski definition) is 3. The summed E-state index contributed by atoms with van der Waals surface area (Å²) in [5, 5.41) is 3.84. The molecule has 1 aliphatic carbocycles. The zero-order chi connectivity index (χ0) is 22.9. The molecule has 0 radical (unpaired) electrons. The van der Waals surface area contributed by atoms with Gasteiger partial charge < -0.3 is 15.0 Å². The molecular formula is C26H33ClN2O3. The zero-order valence-electron chi connectivity index (χ0n) is 19.0. The Labute approximate surface area is 196 Å². The summed E-state index contributed by atoms with van der Waals surface area (Å²) in [6, 6.07) is 14.9. The van der Waals surface area contributed by atoms with Gasteiger partial charge in [0.15, 0.2) is 0 Å². The molecule has 0 aliphatic heterocycles. The molecule has 0 bridgehead atoms. The third-order valence-electron chi connectivity index (χ3n) is 6.17. The number of methoxy groups -OCH3 is 1. The third kappa shape index (κ3) is 6.49. The summed E-state index contributed by atoms with van der Waals surface area (Å²) < 4.78 is 5.24. The average Bonchev–Trinajstić information content (AvgIpc) is 3.31. The predicted octanol–water partition coefficient (Wildman–Crippen LogP) is 5.15. The molecule has 5 nitrogen and oxygen atoms in total. The lowest BCUT2D eigenvalue weighted by atomic mass is 10.1. The largest absolute Gasteiger partial charge is 0.497 e. The van der Waals surface area contributed by atoms with Crippen molar-refractivity contribution in [1.82, 2.24) is 10.2 Å². The fraction of sp³-hybridized carbons (Fsp3) is 0.462. The molecule has 32 heavy (non-hydrogen) atoms. The first-order valence-electron chi connectivity index (χ1n) is 11.5. The van der Waals surface area contributed by atoms with Gasteiger partial charge in [-0.05, 0) is 55.0 Å². The van der Waals surface area contributed by atoms with Gasteiger partial charge in [-0.25, -0.2) is 0 Å². The average molecular weight is 457 g/mol. The molecule has 1 saturated carbocycles. The van der Waals surface area contributed by atoms with Gasteiger partial charge in [-0.15, -0.1) is 0 Å². The van der Waals surface area contributed by atoms with Crippen molar-refractivity contribution in [2.45, 2.75) is 70.5 Å². The number of aryl methyl sites for hydroxylation is 1. The Hall–Kier alpha value is -2.53. The van der Waals surface area contributed by atoms with Crippen LogP contribution < -0.4 is 10.1 Å². The molecule has 0 saturated heterocycles. The number of benzene rings is 2. The third-order valence-corrected chi connectivity index (χ3v) is 6.53. The fourth-order valence-electron chi connectivity index (χ4n) is 4.30. The van der Waals surface area contributed by atoms with Gasteiger partial charge in [0.05, 0.1) is 7.11 Å². The number of rotatable bonds is 10. The summed E-state index contributed by atoms with van der Waals surface area (Å²) in [6.07, 6.45) is 5.72. The van der Waals surface area contributed by atoms with Crippen LogP contribution in [0, 0.1) is 0 Å². The summed E-state index contributed by atoms with van der Waals surface area (Å²) in [5.74, 6) is 0.657. The zero-order valence-corrected chi connectivity index (χ0v) is 19.7. The molecule has 2 aromatic carbocycles. The van der Waals surface area contributed by atoms with Crippen LogP contribution in [0.4, 0.5) is 0 Å². The van der Waals surface area contributed by atoms with E-state index >= 15 is 0 Å². The first-order valence-corrected chi connectivity index (χ1v) is 11.9. The van der Waals surface area contributed by atoms with Crippen molar-refractivity contribution >= 4 is 23.4 Å². The first kappa shape index (κ1) is 24.1. The summed E-state index contributed by atoms with van der Waals surface area (Å²) in [4.78, 5) is 28.2. The predicted molar refractivity (Wildman–Crippen MR) is 128 cm³/mol. The number of amides is 2. The Morgan fingerprint density at radius 2 is 1.81 bits per heavy atom. The van der Waals surface area contributed by atoms with E-state index in [0.717, 1.165) is 42.6 Å². The molecule has 3 rings (SSSR count). The van der Waals surface area contributed by atoms with E-state index in [-0.39, 0.29) is 17.9 Å². The Balaban J connectivity index is 1.76. The van der Waals surface area contributed by atoms with Crippen molar-refractivity contribution in [2.24, 2.45) is 0 Å². The summed E-state index contributed by atoms with van der Waals surface area (Å²) in [5.41, 5.74) is 1.90. The van der Waals surface area contributed by atoms with E-state index < -0.39 is 6.04 Å². The maximum Gasteiger partial charge on any atom is 0.243 e. The molecule has 2 amide bonds. The highest BCUT2D eigenvalue weighted by Crippen LogP contribution is 2.22. The van der Waals surface area contributed by atoms with Crippen molar-refractivity contribution in [3.05, 3.63) is 64.7 Å². The van der Waals surface area contributed by atoms with Crippen LogP contribution in [0.3, 0.4) is 0 Å². The molecular weight excluding hydrogens is 424 g/mol. The number of nitrogens with zero attached hydrogens (tertiary/aromatic N) is 1. The summed E-state index contributed by atoms with van der Waals surface area (Å²) in [6.45, 7) is 2.34. The van der Waals surface area contributed by atoms with Crippen LogP contribution in [0.5, 0.6) is 5.75 Å². The van der Waals surface area contributed by atoms with Gasteiger partial charge in [-0.2, -0.15) is 0 Å². The van der Waals surface area contributed by atoms with Gasteiger partial charge in [-0.1, -0.05) is 61.7 Å². The van der Waals surface area contributed by atoms with Crippen LogP contribution in [0.1, 0.15) is 56.6 Å². The number of ether oxygens (including phenoxy) is 1. The normalized spacial score (nSPS) is 14.7. The number of carbonyl (C=O) groups excluding carboxylic acids is 2. The molecule has 0 aromatic heterocycles. The summed E-state index contributed by atoms with van der Waals surface area (Å²) in [7, 11) is 1.63. The lowest BCUT2D eigenvalue weighted by Crippen LogP contribution is -2.51. The van der Waals surface area contributed by atoms with Crippen LogP contribution in [0.2, 0.25) is 5.02 Å². The van der Waals surface area contributed by atoms with Gasteiger partial charge in [0, 0.05) is 24.0 Å². The van der Waals surface area contributed by atoms with Crippen LogP contribution >= 0.6 is 11.6 Å². The smallest absolute Gasteiger partial charge is 0.243 e. The van der Waals surface area contributed by atoms with E-state index in [4.69, 9.17) is 16.3 Å². The lowest BCUT2D eigenvalue weighted by Gasteiger charge is -2.31. The highest BCUT2D eigenvalue weighted by atomic mass is 35.5. The monoisotopic (exact) mass is 456 g/mol. The molecule has 6 heteroatoms. The van der Waals surface area contributed by atoms with Crippen LogP contribution in [0.15, 0.2) is 48.5 Å². The number of halogens is 1. The van der Waals surface area contributed by atoms with E-state index in [9.17, 15) is 9.59 Å². The SMILES string of the molecule is CCC(C(=O)NC1CCCC1)N(Cc1ccc(OC)cc1)C(=O)CCc1ccccc1Cl. The van der Waals surface area contributed by atoms with Gasteiger partial charge in [0.2, 0.25) is 11.8 Å². The molecule has 2 aromatic rings. The number of hydrogen-bond donors (Lipinski definition) is 1. The Morgan fingerprint density at radius 1 is 1.12 bits per heavy atom. The van der Waals surface area contributed by atoms with Crippen LogP contribution in [-0.4, -0.2) is 35.9 Å². The van der Waals surface area contributed by atoms with E-state index in [1.54, 1.807) is 12.0 Å². The number of nitrogens with one attached hydrogen (secondary N) is 1. The quantitative estimate of drug-likeness (QED) is 0.538. The topological polar surface area (TPSA) is 58.6 Å². The Bertz CT molecular complexity index is 894. The minimum atomic E-state index is -0.503. The molecule has 0 spiro atoms. The van der Waals surface area contributed by atoms with Crippen molar-refractivity contribution < 1.29 is 14.3 Å². The van der Waals surface area contributed by atoms with Gasteiger partial charge in [0.25, 0.3) is 0 Å². The van der Waals surface area contributed by atoms with E-state index in [1.807, 2.05) is 55.5 Å². The maximum atomic E-state index is 13.4. The molecule has 172 valence electrons. The van der Waals surface area contributed by atoms with Gasteiger partial charge in [-0.3, -0.25) is 9.59 Å². The Morgan fingerprint density at radius 3 is 2.44 bits per heavy atom. The van der Waals surface area contributed by atoms with E-state index in [1.165, 1.54) is 0 Å². The molecule has 0 heterocycles. The second-order valence-electron chi connectivity index (χ2n) is 8.38. The Kier molecular flexibility index (Phi) is 8.98. The van der Waals surface area contributed by atoms with Crippen LogP contribution in [0.25, 0.3) is 0 Å². The highest BCUT2D eigenvalue weighted by molar-refractivity contribution is 6.31. The molecule has 1 unspecified atom stereocenters. The molecule has 1 fully saturated rings. The van der Waals surface area contributed by atoms with Crippen molar-refractivity contribution in [1.29, 1.82) is 0 Å². The van der Waals surface area contributed by atoms with E-state index in [2.05, 4.69) is 5.32 Å². The maximum absolute atomic E-state index is 13.4. The lowest BCUT2D eigenvalue weighted by molar-refractivity contribution is -0.141.